The molecule has 4 nitrogen and oxygen atoms in total. The van der Waals surface area contributed by atoms with Gasteiger partial charge in [-0.3, -0.25) is 5.32 Å². The first-order chi connectivity index (χ1) is 9.12. The standard InChI is InChI=1S/C15H23NO3/c1-5-11(2)16-14(15(17)19-4)13-8-6-12(7-9-13)10-18-3/h6-9,11,14,16H,5,10H2,1-4H3. The van der Waals surface area contributed by atoms with E-state index in [0.717, 1.165) is 17.5 Å². The van der Waals surface area contributed by atoms with Crippen molar-refractivity contribution in [2.45, 2.75) is 39.0 Å². The Morgan fingerprint density at radius 2 is 1.89 bits per heavy atom. The third-order valence-corrected chi connectivity index (χ3v) is 3.12. The largest absolute Gasteiger partial charge is 0.468 e. The first-order valence-corrected chi connectivity index (χ1v) is 6.54. The summed E-state index contributed by atoms with van der Waals surface area (Å²) in [6.07, 6.45) is 0.954. The molecule has 0 saturated heterocycles. The summed E-state index contributed by atoms with van der Waals surface area (Å²) in [6.45, 7) is 4.70. The molecule has 0 spiro atoms. The molecule has 0 bridgehead atoms. The van der Waals surface area contributed by atoms with Gasteiger partial charge in [0.1, 0.15) is 6.04 Å². The van der Waals surface area contributed by atoms with E-state index in [9.17, 15) is 4.79 Å². The second-order valence-electron chi connectivity index (χ2n) is 4.61. The Hall–Kier alpha value is -1.39. The van der Waals surface area contributed by atoms with Crippen molar-refractivity contribution in [3.8, 4) is 0 Å². The second-order valence-corrected chi connectivity index (χ2v) is 4.61. The van der Waals surface area contributed by atoms with Crippen molar-refractivity contribution in [3.05, 3.63) is 35.4 Å². The van der Waals surface area contributed by atoms with Crippen LogP contribution in [0.2, 0.25) is 0 Å². The van der Waals surface area contributed by atoms with E-state index in [1.165, 1.54) is 7.11 Å². The highest BCUT2D eigenvalue weighted by molar-refractivity contribution is 5.77. The van der Waals surface area contributed by atoms with E-state index in [-0.39, 0.29) is 12.0 Å². The molecule has 1 aromatic rings. The number of carbonyl (C=O) groups excluding carboxylic acids is 1. The minimum absolute atomic E-state index is 0.253. The van der Waals surface area contributed by atoms with Crippen LogP contribution >= 0.6 is 0 Å². The molecule has 1 rings (SSSR count). The quantitative estimate of drug-likeness (QED) is 0.769. The summed E-state index contributed by atoms with van der Waals surface area (Å²) in [4.78, 5) is 11.9. The van der Waals surface area contributed by atoms with Crippen LogP contribution in [0, 0.1) is 0 Å². The molecule has 0 saturated carbocycles. The normalized spacial score (nSPS) is 13.9. The molecule has 0 aliphatic heterocycles. The zero-order valence-electron chi connectivity index (χ0n) is 12.1. The van der Waals surface area contributed by atoms with Gasteiger partial charge < -0.3 is 9.47 Å². The number of benzene rings is 1. The Morgan fingerprint density at radius 1 is 1.26 bits per heavy atom. The summed E-state index contributed by atoms with van der Waals surface area (Å²) in [5.74, 6) is -0.264. The highest BCUT2D eigenvalue weighted by atomic mass is 16.5. The predicted molar refractivity (Wildman–Crippen MR) is 74.8 cm³/mol. The number of esters is 1. The first-order valence-electron chi connectivity index (χ1n) is 6.54. The molecule has 0 radical (unpaired) electrons. The third kappa shape index (κ3) is 4.65. The van der Waals surface area contributed by atoms with Gasteiger partial charge in [0.2, 0.25) is 0 Å². The molecular weight excluding hydrogens is 242 g/mol. The van der Waals surface area contributed by atoms with Crippen molar-refractivity contribution in [1.29, 1.82) is 0 Å². The van der Waals surface area contributed by atoms with Gasteiger partial charge in [0.15, 0.2) is 0 Å². The molecule has 2 unspecified atom stereocenters. The average molecular weight is 265 g/mol. The number of hydrogen-bond acceptors (Lipinski definition) is 4. The van der Waals surface area contributed by atoms with E-state index in [1.54, 1.807) is 7.11 Å². The number of nitrogens with one attached hydrogen (secondary N) is 1. The molecule has 0 heterocycles. The highest BCUT2D eigenvalue weighted by Gasteiger charge is 2.22. The molecule has 0 aliphatic carbocycles. The SMILES string of the molecule is CCC(C)NC(C(=O)OC)c1ccc(COC)cc1. The van der Waals surface area contributed by atoms with Gasteiger partial charge in [-0.25, -0.2) is 4.79 Å². The van der Waals surface area contributed by atoms with Gasteiger partial charge in [0.05, 0.1) is 13.7 Å². The van der Waals surface area contributed by atoms with E-state index in [4.69, 9.17) is 9.47 Å². The van der Waals surface area contributed by atoms with E-state index in [0.29, 0.717) is 6.61 Å². The van der Waals surface area contributed by atoms with Crippen molar-refractivity contribution in [1.82, 2.24) is 5.32 Å². The van der Waals surface area contributed by atoms with Crippen molar-refractivity contribution in [2.75, 3.05) is 14.2 Å². The zero-order chi connectivity index (χ0) is 14.3. The molecule has 1 aromatic carbocycles. The second kappa shape index (κ2) is 7.92. The van der Waals surface area contributed by atoms with Crippen molar-refractivity contribution >= 4 is 5.97 Å². The Bertz CT molecular complexity index is 389. The van der Waals surface area contributed by atoms with Crippen molar-refractivity contribution in [3.63, 3.8) is 0 Å². The van der Waals surface area contributed by atoms with Crippen LogP contribution in [-0.2, 0) is 20.9 Å². The summed E-state index contributed by atoms with van der Waals surface area (Å²) in [6, 6.07) is 7.64. The molecule has 0 aromatic heterocycles. The lowest BCUT2D eigenvalue weighted by molar-refractivity contribution is -0.143. The van der Waals surface area contributed by atoms with Crippen LogP contribution < -0.4 is 5.32 Å². The topological polar surface area (TPSA) is 47.6 Å². The summed E-state index contributed by atoms with van der Waals surface area (Å²) in [5, 5.41) is 3.28. The Morgan fingerprint density at radius 3 is 2.37 bits per heavy atom. The van der Waals surface area contributed by atoms with Gasteiger partial charge in [-0.05, 0) is 24.5 Å². The lowest BCUT2D eigenvalue weighted by atomic mass is 10.0. The van der Waals surface area contributed by atoms with Crippen molar-refractivity contribution in [2.24, 2.45) is 0 Å². The van der Waals surface area contributed by atoms with E-state index in [2.05, 4.69) is 19.2 Å². The van der Waals surface area contributed by atoms with E-state index >= 15 is 0 Å². The molecule has 0 aliphatic rings. The van der Waals surface area contributed by atoms with Crippen LogP contribution in [0.5, 0.6) is 0 Å². The van der Waals surface area contributed by atoms with Crippen LogP contribution in [0.3, 0.4) is 0 Å². The zero-order valence-corrected chi connectivity index (χ0v) is 12.1. The van der Waals surface area contributed by atoms with Gasteiger partial charge in [0, 0.05) is 13.2 Å². The maximum absolute atomic E-state index is 11.9. The van der Waals surface area contributed by atoms with Crippen LogP contribution in [-0.4, -0.2) is 26.2 Å². The van der Waals surface area contributed by atoms with Gasteiger partial charge in [-0.2, -0.15) is 0 Å². The number of rotatable bonds is 7. The van der Waals surface area contributed by atoms with Gasteiger partial charge in [-0.1, -0.05) is 31.2 Å². The number of hydrogen-bond donors (Lipinski definition) is 1. The fourth-order valence-electron chi connectivity index (χ4n) is 1.79. The minimum Gasteiger partial charge on any atom is -0.468 e. The maximum atomic E-state index is 11.9. The smallest absolute Gasteiger partial charge is 0.327 e. The van der Waals surface area contributed by atoms with Gasteiger partial charge >= 0.3 is 5.97 Å². The van der Waals surface area contributed by atoms with Crippen LogP contribution in [0.1, 0.15) is 37.4 Å². The highest BCUT2D eigenvalue weighted by Crippen LogP contribution is 2.17. The third-order valence-electron chi connectivity index (χ3n) is 3.12. The molecule has 1 N–H and O–H groups in total. The summed E-state index contributed by atoms with van der Waals surface area (Å²) in [5.41, 5.74) is 1.99. The lowest BCUT2D eigenvalue weighted by Crippen LogP contribution is -2.35. The fourth-order valence-corrected chi connectivity index (χ4v) is 1.79. The number of methoxy groups -OCH3 is 2. The minimum atomic E-state index is -0.420. The molecule has 106 valence electrons. The monoisotopic (exact) mass is 265 g/mol. The first kappa shape index (κ1) is 15.7. The molecule has 2 atom stereocenters. The molecular formula is C15H23NO3. The van der Waals surface area contributed by atoms with E-state index < -0.39 is 6.04 Å². The summed E-state index contributed by atoms with van der Waals surface area (Å²) in [7, 11) is 3.07. The Labute approximate surface area is 115 Å². The van der Waals surface area contributed by atoms with E-state index in [1.807, 2.05) is 24.3 Å². The van der Waals surface area contributed by atoms with Crippen LogP contribution in [0.4, 0.5) is 0 Å². The molecule has 0 fully saturated rings. The fraction of sp³-hybridized carbons (Fsp3) is 0.533. The summed E-state index contributed by atoms with van der Waals surface area (Å²) < 4.78 is 9.94. The van der Waals surface area contributed by atoms with Gasteiger partial charge in [0.25, 0.3) is 0 Å². The number of ether oxygens (including phenoxy) is 2. The molecule has 0 amide bonds. The average Bonchev–Trinajstić information content (AvgIpc) is 2.45. The molecule has 4 heteroatoms. The summed E-state index contributed by atoms with van der Waals surface area (Å²) >= 11 is 0. The predicted octanol–water partition coefficient (Wildman–Crippen LogP) is 2.44. The van der Waals surface area contributed by atoms with Crippen molar-refractivity contribution < 1.29 is 14.3 Å². The lowest BCUT2D eigenvalue weighted by Gasteiger charge is -2.21. The van der Waals surface area contributed by atoms with Gasteiger partial charge in [-0.15, -0.1) is 0 Å². The Kier molecular flexibility index (Phi) is 6.53. The van der Waals surface area contributed by atoms with Crippen LogP contribution in [0.15, 0.2) is 24.3 Å². The number of carbonyl (C=O) groups is 1. The Balaban J connectivity index is 2.87. The van der Waals surface area contributed by atoms with Crippen LogP contribution in [0.25, 0.3) is 0 Å². The maximum Gasteiger partial charge on any atom is 0.327 e. The molecule has 19 heavy (non-hydrogen) atoms.